The van der Waals surface area contributed by atoms with Crippen LogP contribution in [0.1, 0.15) is 44.8 Å². The molecule has 1 atom stereocenters. The predicted molar refractivity (Wildman–Crippen MR) is 116 cm³/mol. The number of anilines is 1. The molecule has 0 bridgehead atoms. The molecule has 6 nitrogen and oxygen atoms in total. The van der Waals surface area contributed by atoms with E-state index in [1.165, 1.54) is 12.4 Å². The van der Waals surface area contributed by atoms with Gasteiger partial charge in [0, 0.05) is 30.2 Å². The highest BCUT2D eigenvalue weighted by Gasteiger charge is 2.26. The smallest absolute Gasteiger partial charge is 0.258 e. The number of nitrogens with zero attached hydrogens (tertiary/aromatic N) is 3. The Kier molecular flexibility index (Phi) is 5.70. The second-order valence-corrected chi connectivity index (χ2v) is 7.80. The Hall–Kier alpha value is -2.96. The first-order valence-electron chi connectivity index (χ1n) is 9.41. The van der Waals surface area contributed by atoms with Crippen LogP contribution in [0.15, 0.2) is 54.9 Å². The zero-order valence-electron chi connectivity index (χ0n) is 16.1. The summed E-state index contributed by atoms with van der Waals surface area (Å²) in [6.45, 7) is 2.51. The van der Waals surface area contributed by atoms with Gasteiger partial charge < -0.3 is 10.2 Å². The van der Waals surface area contributed by atoms with Crippen LogP contribution >= 0.6 is 23.2 Å². The molecule has 0 saturated heterocycles. The van der Waals surface area contributed by atoms with Crippen molar-refractivity contribution in [1.82, 2.24) is 15.3 Å². The zero-order valence-corrected chi connectivity index (χ0v) is 17.6. The monoisotopic (exact) mass is 440 g/mol. The number of aromatic nitrogens is 2. The first kappa shape index (κ1) is 20.3. The fourth-order valence-corrected chi connectivity index (χ4v) is 3.75. The number of rotatable bonds is 4. The van der Waals surface area contributed by atoms with Gasteiger partial charge >= 0.3 is 0 Å². The summed E-state index contributed by atoms with van der Waals surface area (Å²) in [5, 5.41) is 3.59. The third-order valence-corrected chi connectivity index (χ3v) is 5.49. The number of benzene rings is 1. The van der Waals surface area contributed by atoms with E-state index in [9.17, 15) is 9.59 Å². The molecule has 3 heterocycles. The molecule has 0 spiro atoms. The van der Waals surface area contributed by atoms with Gasteiger partial charge in [0.15, 0.2) is 0 Å². The molecule has 1 aliphatic rings. The van der Waals surface area contributed by atoms with E-state index in [0.29, 0.717) is 22.8 Å². The van der Waals surface area contributed by atoms with Crippen LogP contribution in [-0.4, -0.2) is 28.3 Å². The molecular weight excluding hydrogens is 423 g/mol. The first-order chi connectivity index (χ1) is 14.4. The topological polar surface area (TPSA) is 75.2 Å². The van der Waals surface area contributed by atoms with Crippen molar-refractivity contribution in [1.29, 1.82) is 0 Å². The lowest BCUT2D eigenvalue weighted by Crippen LogP contribution is -2.29. The van der Waals surface area contributed by atoms with Crippen molar-refractivity contribution in [3.63, 3.8) is 0 Å². The van der Waals surface area contributed by atoms with Crippen molar-refractivity contribution in [2.24, 2.45) is 0 Å². The fraction of sp³-hybridized carbons (Fsp3) is 0.182. The largest absolute Gasteiger partial charge is 0.345 e. The molecule has 1 N–H and O–H groups in total. The van der Waals surface area contributed by atoms with Crippen molar-refractivity contribution in [3.05, 3.63) is 87.4 Å². The molecule has 2 aromatic heterocycles. The van der Waals surface area contributed by atoms with Gasteiger partial charge in [0.25, 0.3) is 11.8 Å². The van der Waals surface area contributed by atoms with E-state index >= 15 is 0 Å². The summed E-state index contributed by atoms with van der Waals surface area (Å²) in [4.78, 5) is 34.9. The average molecular weight is 441 g/mol. The lowest BCUT2D eigenvalue weighted by Gasteiger charge is -2.19. The van der Waals surface area contributed by atoms with Crippen LogP contribution in [0.25, 0.3) is 0 Å². The number of halogens is 2. The van der Waals surface area contributed by atoms with E-state index in [2.05, 4.69) is 15.3 Å². The number of nitrogens with one attached hydrogen (secondary N) is 1. The molecule has 3 aromatic rings. The van der Waals surface area contributed by atoms with Crippen LogP contribution in [0.5, 0.6) is 0 Å². The second kappa shape index (κ2) is 8.42. The second-order valence-electron chi connectivity index (χ2n) is 7.03. The molecule has 0 fully saturated rings. The summed E-state index contributed by atoms with van der Waals surface area (Å²) in [6.07, 6.45) is 3.72. The zero-order chi connectivity index (χ0) is 21.3. The minimum atomic E-state index is -0.224. The van der Waals surface area contributed by atoms with E-state index in [-0.39, 0.29) is 23.0 Å². The van der Waals surface area contributed by atoms with E-state index < -0.39 is 0 Å². The van der Waals surface area contributed by atoms with Crippen LogP contribution in [0, 0.1) is 0 Å². The molecule has 4 rings (SSSR count). The molecule has 1 aliphatic heterocycles. The van der Waals surface area contributed by atoms with Gasteiger partial charge in [-0.1, -0.05) is 35.3 Å². The Bertz CT molecular complexity index is 1120. The maximum atomic E-state index is 12.9. The van der Waals surface area contributed by atoms with Crippen LogP contribution < -0.4 is 10.2 Å². The van der Waals surface area contributed by atoms with Crippen LogP contribution in [0.3, 0.4) is 0 Å². The van der Waals surface area contributed by atoms with Gasteiger partial charge in [0.1, 0.15) is 10.3 Å². The van der Waals surface area contributed by atoms with Crippen molar-refractivity contribution >= 4 is 40.7 Å². The SMILES string of the molecule is C[C@@H](NC(=O)c1ccc(Cl)nc1)c1ccc2c(c1)CCN2C(=O)c1ccnc(Cl)c1. The lowest BCUT2D eigenvalue weighted by molar-refractivity contribution is 0.0938. The number of hydrogen-bond donors (Lipinski definition) is 1. The van der Waals surface area contributed by atoms with Gasteiger partial charge in [-0.3, -0.25) is 9.59 Å². The average Bonchev–Trinajstić information content (AvgIpc) is 3.16. The quantitative estimate of drug-likeness (QED) is 0.606. The minimum absolute atomic E-state index is 0.109. The van der Waals surface area contributed by atoms with Crippen LogP contribution in [0.4, 0.5) is 5.69 Å². The summed E-state index contributed by atoms with van der Waals surface area (Å²) in [5.74, 6) is -0.332. The van der Waals surface area contributed by atoms with Crippen LogP contribution in [0.2, 0.25) is 10.3 Å². The van der Waals surface area contributed by atoms with Crippen LogP contribution in [-0.2, 0) is 6.42 Å². The summed E-state index contributed by atoms with van der Waals surface area (Å²) in [5.41, 5.74) is 3.85. The molecule has 8 heteroatoms. The Morgan fingerprint density at radius 3 is 2.60 bits per heavy atom. The summed E-state index contributed by atoms with van der Waals surface area (Å²) in [7, 11) is 0. The summed E-state index contributed by atoms with van der Waals surface area (Å²) in [6, 6.07) is 12.1. The Labute approximate surface area is 183 Å². The van der Waals surface area contributed by atoms with E-state index in [4.69, 9.17) is 23.2 Å². The molecule has 0 radical (unpaired) electrons. The van der Waals surface area contributed by atoms with E-state index in [0.717, 1.165) is 23.2 Å². The molecule has 152 valence electrons. The molecule has 1 aromatic carbocycles. The summed E-state index contributed by atoms with van der Waals surface area (Å²) >= 11 is 11.7. The van der Waals surface area contributed by atoms with Gasteiger partial charge in [0.05, 0.1) is 11.6 Å². The molecule has 0 unspecified atom stereocenters. The molecule has 0 aliphatic carbocycles. The van der Waals surface area contributed by atoms with Crippen molar-refractivity contribution in [3.8, 4) is 0 Å². The minimum Gasteiger partial charge on any atom is -0.345 e. The summed E-state index contributed by atoms with van der Waals surface area (Å²) < 4.78 is 0. The Morgan fingerprint density at radius 1 is 1.03 bits per heavy atom. The maximum Gasteiger partial charge on any atom is 0.258 e. The normalized spacial score (nSPS) is 13.6. The van der Waals surface area contributed by atoms with Crippen molar-refractivity contribution < 1.29 is 9.59 Å². The third kappa shape index (κ3) is 4.15. The number of hydrogen-bond acceptors (Lipinski definition) is 4. The number of amides is 2. The third-order valence-electron chi connectivity index (χ3n) is 5.05. The maximum absolute atomic E-state index is 12.9. The number of fused-ring (bicyclic) bond motifs is 1. The van der Waals surface area contributed by atoms with Gasteiger partial charge in [0.2, 0.25) is 0 Å². The van der Waals surface area contributed by atoms with Gasteiger partial charge in [-0.15, -0.1) is 0 Å². The first-order valence-corrected chi connectivity index (χ1v) is 10.2. The highest BCUT2D eigenvalue weighted by molar-refractivity contribution is 6.30. The lowest BCUT2D eigenvalue weighted by atomic mass is 10.0. The van der Waals surface area contributed by atoms with Gasteiger partial charge in [-0.05, 0) is 54.8 Å². The number of carbonyl (C=O) groups is 2. The molecule has 0 saturated carbocycles. The standard InChI is InChI=1S/C22H18Cl2N4O2/c1-13(27-21(29)17-3-5-19(23)26-12-17)14-2-4-18-15(10-14)7-9-28(18)22(30)16-6-8-25-20(24)11-16/h2-6,8,10-13H,7,9H2,1H3,(H,27,29)/t13-/m1/s1. The Morgan fingerprint density at radius 2 is 1.87 bits per heavy atom. The molecule has 30 heavy (non-hydrogen) atoms. The van der Waals surface area contributed by atoms with E-state index in [1.807, 2.05) is 25.1 Å². The van der Waals surface area contributed by atoms with E-state index in [1.54, 1.807) is 29.2 Å². The van der Waals surface area contributed by atoms with Gasteiger partial charge in [-0.25, -0.2) is 9.97 Å². The highest BCUT2D eigenvalue weighted by atomic mass is 35.5. The predicted octanol–water partition coefficient (Wildman–Crippen LogP) is 4.48. The highest BCUT2D eigenvalue weighted by Crippen LogP contribution is 2.32. The fourth-order valence-electron chi connectivity index (χ4n) is 3.47. The Balaban J connectivity index is 1.50. The van der Waals surface area contributed by atoms with Crippen molar-refractivity contribution in [2.45, 2.75) is 19.4 Å². The molecular formula is C22H18Cl2N4O2. The molecule has 2 amide bonds. The number of pyridine rings is 2. The van der Waals surface area contributed by atoms with Gasteiger partial charge in [-0.2, -0.15) is 0 Å². The van der Waals surface area contributed by atoms with Crippen molar-refractivity contribution in [2.75, 3.05) is 11.4 Å². The number of carbonyl (C=O) groups excluding carboxylic acids is 2.